The standard InChI is InChI=1S/C15H25N3S/c1-10-9-17-15(19-10)11(2)18-14-6-3-5-12(14)13-7-4-8-16-13/h9,11-14,16,18H,3-8H2,1-2H3. The van der Waals surface area contributed by atoms with Gasteiger partial charge in [0.2, 0.25) is 0 Å². The lowest BCUT2D eigenvalue weighted by Gasteiger charge is -2.28. The Balaban J connectivity index is 1.61. The summed E-state index contributed by atoms with van der Waals surface area (Å²) in [6, 6.07) is 1.82. The van der Waals surface area contributed by atoms with Gasteiger partial charge in [0.1, 0.15) is 5.01 Å². The van der Waals surface area contributed by atoms with Crippen molar-refractivity contribution in [2.24, 2.45) is 5.92 Å². The SMILES string of the molecule is Cc1cnc(C(C)NC2CCCC2C2CCCN2)s1. The van der Waals surface area contributed by atoms with Crippen LogP contribution in [-0.4, -0.2) is 23.6 Å². The van der Waals surface area contributed by atoms with E-state index in [1.54, 1.807) is 0 Å². The van der Waals surface area contributed by atoms with Crippen molar-refractivity contribution in [3.05, 3.63) is 16.1 Å². The van der Waals surface area contributed by atoms with Crippen LogP contribution in [0.2, 0.25) is 0 Å². The molecule has 0 bridgehead atoms. The summed E-state index contributed by atoms with van der Waals surface area (Å²) in [6.07, 6.45) is 8.81. The van der Waals surface area contributed by atoms with E-state index in [2.05, 4.69) is 29.5 Å². The molecule has 2 aliphatic rings. The highest BCUT2D eigenvalue weighted by atomic mass is 32.1. The third-order valence-electron chi connectivity index (χ3n) is 4.66. The minimum atomic E-state index is 0.394. The molecule has 4 heteroatoms. The van der Waals surface area contributed by atoms with Gasteiger partial charge in [-0.25, -0.2) is 4.98 Å². The van der Waals surface area contributed by atoms with Crippen molar-refractivity contribution in [1.29, 1.82) is 0 Å². The van der Waals surface area contributed by atoms with Gasteiger partial charge in [0.05, 0.1) is 6.04 Å². The molecule has 0 amide bonds. The van der Waals surface area contributed by atoms with Gasteiger partial charge in [0.15, 0.2) is 0 Å². The molecule has 4 unspecified atom stereocenters. The molecule has 19 heavy (non-hydrogen) atoms. The second kappa shape index (κ2) is 5.90. The van der Waals surface area contributed by atoms with Crippen LogP contribution in [0.15, 0.2) is 6.20 Å². The van der Waals surface area contributed by atoms with Crippen molar-refractivity contribution < 1.29 is 0 Å². The van der Waals surface area contributed by atoms with E-state index in [1.807, 2.05) is 17.5 Å². The number of thiazole rings is 1. The minimum Gasteiger partial charge on any atom is -0.314 e. The fourth-order valence-corrected chi connectivity index (χ4v) is 4.50. The Hall–Kier alpha value is -0.450. The van der Waals surface area contributed by atoms with Gasteiger partial charge in [-0.1, -0.05) is 6.42 Å². The Morgan fingerprint density at radius 3 is 2.95 bits per heavy atom. The summed E-state index contributed by atoms with van der Waals surface area (Å²) in [5, 5.41) is 8.77. The average Bonchev–Trinajstić information content (AvgIpc) is 3.07. The molecule has 4 atom stereocenters. The van der Waals surface area contributed by atoms with Gasteiger partial charge in [-0.05, 0) is 52.0 Å². The predicted molar refractivity (Wildman–Crippen MR) is 80.6 cm³/mol. The number of rotatable bonds is 4. The van der Waals surface area contributed by atoms with Crippen molar-refractivity contribution in [2.45, 2.75) is 64.1 Å². The van der Waals surface area contributed by atoms with Crippen LogP contribution >= 0.6 is 11.3 Å². The van der Waals surface area contributed by atoms with Crippen molar-refractivity contribution in [3.63, 3.8) is 0 Å². The highest BCUT2D eigenvalue weighted by Gasteiger charge is 2.35. The largest absolute Gasteiger partial charge is 0.314 e. The van der Waals surface area contributed by atoms with Gasteiger partial charge in [0.25, 0.3) is 0 Å². The number of nitrogens with one attached hydrogen (secondary N) is 2. The molecule has 2 N–H and O–H groups in total. The molecular formula is C15H25N3S. The van der Waals surface area contributed by atoms with E-state index in [9.17, 15) is 0 Å². The maximum absolute atomic E-state index is 4.52. The Kier molecular flexibility index (Phi) is 4.20. The third-order valence-corrected chi connectivity index (χ3v) is 5.75. The first kappa shape index (κ1) is 13.5. The first-order chi connectivity index (χ1) is 9.24. The van der Waals surface area contributed by atoms with Crippen LogP contribution in [0.25, 0.3) is 0 Å². The maximum atomic E-state index is 4.52. The zero-order valence-electron chi connectivity index (χ0n) is 12.0. The van der Waals surface area contributed by atoms with Crippen molar-refractivity contribution in [1.82, 2.24) is 15.6 Å². The molecule has 106 valence electrons. The molecule has 1 aliphatic heterocycles. The van der Waals surface area contributed by atoms with Gasteiger partial charge in [-0.3, -0.25) is 0 Å². The molecule has 0 radical (unpaired) electrons. The maximum Gasteiger partial charge on any atom is 0.109 e. The molecule has 2 heterocycles. The molecule has 1 aromatic rings. The summed E-state index contributed by atoms with van der Waals surface area (Å²) in [4.78, 5) is 5.83. The van der Waals surface area contributed by atoms with Crippen molar-refractivity contribution in [3.8, 4) is 0 Å². The second-order valence-electron chi connectivity index (χ2n) is 6.10. The highest BCUT2D eigenvalue weighted by molar-refractivity contribution is 7.11. The minimum absolute atomic E-state index is 0.394. The molecule has 1 saturated carbocycles. The van der Waals surface area contributed by atoms with Crippen molar-refractivity contribution in [2.75, 3.05) is 6.54 Å². The van der Waals surface area contributed by atoms with Crippen LogP contribution in [0.5, 0.6) is 0 Å². The van der Waals surface area contributed by atoms with E-state index in [4.69, 9.17) is 0 Å². The summed E-state index contributed by atoms with van der Waals surface area (Å²) in [5.41, 5.74) is 0. The Labute approximate surface area is 120 Å². The molecule has 0 spiro atoms. The van der Waals surface area contributed by atoms with E-state index in [0.717, 1.165) is 12.0 Å². The Morgan fingerprint density at radius 1 is 1.37 bits per heavy atom. The smallest absolute Gasteiger partial charge is 0.109 e. The van der Waals surface area contributed by atoms with Crippen LogP contribution in [0.3, 0.4) is 0 Å². The number of nitrogens with zero attached hydrogens (tertiary/aromatic N) is 1. The van der Waals surface area contributed by atoms with Gasteiger partial charge < -0.3 is 10.6 Å². The van der Waals surface area contributed by atoms with E-state index >= 15 is 0 Å². The second-order valence-corrected chi connectivity index (χ2v) is 7.37. The quantitative estimate of drug-likeness (QED) is 0.889. The van der Waals surface area contributed by atoms with Gasteiger partial charge in [-0.2, -0.15) is 0 Å². The zero-order chi connectivity index (χ0) is 13.2. The normalized spacial score (nSPS) is 32.8. The predicted octanol–water partition coefficient (Wildman–Crippen LogP) is 3.02. The number of aromatic nitrogens is 1. The Morgan fingerprint density at radius 2 is 2.26 bits per heavy atom. The number of hydrogen-bond donors (Lipinski definition) is 2. The molecule has 3 rings (SSSR count). The van der Waals surface area contributed by atoms with Gasteiger partial charge >= 0.3 is 0 Å². The van der Waals surface area contributed by atoms with Crippen LogP contribution in [-0.2, 0) is 0 Å². The fraction of sp³-hybridized carbons (Fsp3) is 0.800. The van der Waals surface area contributed by atoms with E-state index in [0.29, 0.717) is 12.1 Å². The van der Waals surface area contributed by atoms with Crippen molar-refractivity contribution >= 4 is 11.3 Å². The monoisotopic (exact) mass is 279 g/mol. The molecule has 1 saturated heterocycles. The van der Waals surface area contributed by atoms with E-state index < -0.39 is 0 Å². The summed E-state index contributed by atoms with van der Waals surface area (Å²) in [6.45, 7) is 5.61. The van der Waals surface area contributed by atoms with Crippen LogP contribution in [0.4, 0.5) is 0 Å². The van der Waals surface area contributed by atoms with Crippen LogP contribution in [0.1, 0.15) is 55.0 Å². The molecule has 3 nitrogen and oxygen atoms in total. The average molecular weight is 279 g/mol. The summed E-state index contributed by atoms with van der Waals surface area (Å²) < 4.78 is 0. The lowest BCUT2D eigenvalue weighted by molar-refractivity contribution is 0.303. The number of aryl methyl sites for hydroxylation is 1. The molecular weight excluding hydrogens is 254 g/mol. The highest BCUT2D eigenvalue weighted by Crippen LogP contribution is 2.33. The topological polar surface area (TPSA) is 37.0 Å². The first-order valence-corrected chi connectivity index (χ1v) is 8.47. The summed E-state index contributed by atoms with van der Waals surface area (Å²) >= 11 is 1.82. The molecule has 2 fully saturated rings. The van der Waals surface area contributed by atoms with E-state index in [1.165, 1.54) is 48.5 Å². The van der Waals surface area contributed by atoms with Gasteiger partial charge in [-0.15, -0.1) is 11.3 Å². The van der Waals surface area contributed by atoms with E-state index in [-0.39, 0.29) is 0 Å². The van der Waals surface area contributed by atoms with Crippen LogP contribution in [0, 0.1) is 12.8 Å². The summed E-state index contributed by atoms with van der Waals surface area (Å²) in [7, 11) is 0. The number of hydrogen-bond acceptors (Lipinski definition) is 4. The lowest BCUT2D eigenvalue weighted by atomic mass is 9.93. The summed E-state index contributed by atoms with van der Waals surface area (Å²) in [5.74, 6) is 0.825. The third kappa shape index (κ3) is 3.01. The molecule has 1 aliphatic carbocycles. The first-order valence-electron chi connectivity index (χ1n) is 7.66. The zero-order valence-corrected chi connectivity index (χ0v) is 12.8. The fourth-order valence-electron chi connectivity index (χ4n) is 3.72. The Bertz CT molecular complexity index is 411. The molecule has 0 aromatic carbocycles. The van der Waals surface area contributed by atoms with Crippen LogP contribution < -0.4 is 10.6 Å². The van der Waals surface area contributed by atoms with Gasteiger partial charge in [0, 0.05) is 23.2 Å². The molecule has 1 aromatic heterocycles. The lowest BCUT2D eigenvalue weighted by Crippen LogP contribution is -2.42.